The largest absolute Gasteiger partial charge is 0.462 e. The fraction of sp³-hybridized carbons (Fsp3) is 0.320. The summed E-state index contributed by atoms with van der Waals surface area (Å²) in [5, 5.41) is 9.61. The van der Waals surface area contributed by atoms with E-state index in [1.165, 1.54) is 5.56 Å². The molecule has 6 nitrogen and oxygen atoms in total. The molecule has 1 saturated heterocycles. The molecule has 6 heteroatoms. The van der Waals surface area contributed by atoms with Crippen molar-refractivity contribution in [3.63, 3.8) is 0 Å². The maximum Gasteiger partial charge on any atom is 0.349 e. The van der Waals surface area contributed by atoms with Crippen LogP contribution in [0.4, 0.5) is 5.69 Å². The number of fused-ring (bicyclic) bond motifs is 1. The highest BCUT2D eigenvalue weighted by Crippen LogP contribution is 2.41. The number of rotatable bonds is 5. The van der Waals surface area contributed by atoms with Crippen molar-refractivity contribution in [3.05, 3.63) is 71.3 Å². The number of para-hydroxylation sites is 1. The minimum absolute atomic E-state index is 0.0281. The van der Waals surface area contributed by atoms with Gasteiger partial charge in [-0.2, -0.15) is 5.26 Å². The lowest BCUT2D eigenvalue weighted by molar-refractivity contribution is -0.138. The first-order chi connectivity index (χ1) is 15.1. The van der Waals surface area contributed by atoms with Gasteiger partial charge in [-0.05, 0) is 31.4 Å². The third-order valence-electron chi connectivity index (χ3n) is 5.88. The number of carbonyl (C=O) groups is 2. The molecule has 4 rings (SSSR count). The van der Waals surface area contributed by atoms with Crippen LogP contribution in [0, 0.1) is 11.3 Å². The molecule has 0 aliphatic carbocycles. The van der Waals surface area contributed by atoms with E-state index in [0.717, 1.165) is 38.2 Å². The van der Waals surface area contributed by atoms with Gasteiger partial charge >= 0.3 is 5.97 Å². The number of nitrogens with zero attached hydrogens (tertiary/aromatic N) is 3. The molecule has 31 heavy (non-hydrogen) atoms. The molecule has 1 fully saturated rings. The SMILES string of the molecule is CCOC(=O)C(C#N)=C1C(=O)N(C2CCN(Cc3ccccc3)CC2)c2ccccc21. The molecule has 0 saturated carbocycles. The number of piperidine rings is 1. The summed E-state index contributed by atoms with van der Waals surface area (Å²) in [6, 6.07) is 19.7. The summed E-state index contributed by atoms with van der Waals surface area (Å²) in [5.74, 6) is -1.03. The Morgan fingerprint density at radius 1 is 1.10 bits per heavy atom. The molecule has 2 aromatic carbocycles. The molecule has 2 heterocycles. The van der Waals surface area contributed by atoms with Gasteiger partial charge in [-0.25, -0.2) is 4.79 Å². The Balaban J connectivity index is 1.57. The van der Waals surface area contributed by atoms with Gasteiger partial charge in [-0.3, -0.25) is 9.69 Å². The van der Waals surface area contributed by atoms with Crippen LogP contribution in [0.2, 0.25) is 0 Å². The molecule has 2 aromatic rings. The van der Waals surface area contributed by atoms with Crippen molar-refractivity contribution < 1.29 is 14.3 Å². The normalized spacial score (nSPS) is 18.5. The van der Waals surface area contributed by atoms with E-state index in [-0.39, 0.29) is 29.7 Å². The maximum absolute atomic E-state index is 13.4. The summed E-state index contributed by atoms with van der Waals surface area (Å²) >= 11 is 0. The van der Waals surface area contributed by atoms with E-state index in [4.69, 9.17) is 4.74 Å². The Morgan fingerprint density at radius 3 is 2.45 bits per heavy atom. The van der Waals surface area contributed by atoms with E-state index in [1.807, 2.05) is 42.5 Å². The third-order valence-corrected chi connectivity index (χ3v) is 5.88. The van der Waals surface area contributed by atoms with Crippen LogP contribution in [-0.4, -0.2) is 42.5 Å². The van der Waals surface area contributed by atoms with Crippen LogP contribution in [0.3, 0.4) is 0 Å². The van der Waals surface area contributed by atoms with Gasteiger partial charge in [0.2, 0.25) is 0 Å². The van der Waals surface area contributed by atoms with Crippen molar-refractivity contribution in [1.29, 1.82) is 5.26 Å². The topological polar surface area (TPSA) is 73.6 Å². The minimum atomic E-state index is -0.748. The summed E-state index contributed by atoms with van der Waals surface area (Å²) in [6.45, 7) is 4.49. The molecular weight excluding hydrogens is 390 g/mol. The molecule has 0 N–H and O–H groups in total. The molecule has 0 unspecified atom stereocenters. The van der Waals surface area contributed by atoms with Gasteiger partial charge in [0.05, 0.1) is 17.9 Å². The van der Waals surface area contributed by atoms with Gasteiger partial charge in [0.25, 0.3) is 5.91 Å². The lowest BCUT2D eigenvalue weighted by atomic mass is 10.0. The van der Waals surface area contributed by atoms with Gasteiger partial charge in [0.1, 0.15) is 6.07 Å². The first kappa shape index (κ1) is 20.8. The van der Waals surface area contributed by atoms with Crippen LogP contribution in [-0.2, 0) is 20.9 Å². The summed E-state index contributed by atoms with van der Waals surface area (Å²) < 4.78 is 5.03. The van der Waals surface area contributed by atoms with Gasteiger partial charge in [0, 0.05) is 31.2 Å². The second kappa shape index (κ2) is 9.15. The second-order valence-electron chi connectivity index (χ2n) is 7.77. The number of nitriles is 1. The Kier molecular flexibility index (Phi) is 6.15. The monoisotopic (exact) mass is 415 g/mol. The molecule has 1 amide bonds. The molecule has 158 valence electrons. The maximum atomic E-state index is 13.4. The van der Waals surface area contributed by atoms with Crippen molar-refractivity contribution in [2.24, 2.45) is 0 Å². The van der Waals surface area contributed by atoms with Crippen LogP contribution in [0.5, 0.6) is 0 Å². The smallest absolute Gasteiger partial charge is 0.349 e. The van der Waals surface area contributed by atoms with Crippen molar-refractivity contribution in [2.75, 3.05) is 24.6 Å². The Labute approximate surface area is 182 Å². The summed E-state index contributed by atoms with van der Waals surface area (Å²) in [4.78, 5) is 30.0. The van der Waals surface area contributed by atoms with E-state index in [0.29, 0.717) is 5.56 Å². The molecule has 2 aliphatic heterocycles. The quantitative estimate of drug-likeness (QED) is 0.424. The van der Waals surface area contributed by atoms with E-state index < -0.39 is 5.97 Å². The first-order valence-corrected chi connectivity index (χ1v) is 10.6. The van der Waals surface area contributed by atoms with E-state index in [1.54, 1.807) is 17.9 Å². The molecule has 2 aliphatic rings. The Bertz CT molecular complexity index is 1050. The third kappa shape index (κ3) is 4.10. The number of carbonyl (C=O) groups excluding carboxylic acids is 2. The van der Waals surface area contributed by atoms with Crippen LogP contribution < -0.4 is 4.90 Å². The molecular formula is C25H25N3O3. The number of anilines is 1. The number of benzene rings is 2. The lowest BCUT2D eigenvalue weighted by Crippen LogP contribution is -2.46. The summed E-state index contributed by atoms with van der Waals surface area (Å²) in [6.07, 6.45) is 1.67. The van der Waals surface area contributed by atoms with E-state index in [2.05, 4.69) is 17.0 Å². The predicted molar refractivity (Wildman–Crippen MR) is 118 cm³/mol. The van der Waals surface area contributed by atoms with Crippen LogP contribution in [0.25, 0.3) is 5.57 Å². The van der Waals surface area contributed by atoms with Crippen molar-refractivity contribution in [1.82, 2.24) is 4.90 Å². The van der Waals surface area contributed by atoms with Gasteiger partial charge < -0.3 is 9.64 Å². The van der Waals surface area contributed by atoms with Crippen LogP contribution >= 0.6 is 0 Å². The van der Waals surface area contributed by atoms with Gasteiger partial charge in [-0.15, -0.1) is 0 Å². The summed E-state index contributed by atoms with van der Waals surface area (Å²) in [7, 11) is 0. The summed E-state index contributed by atoms with van der Waals surface area (Å²) in [5.41, 5.74) is 2.61. The second-order valence-corrected chi connectivity index (χ2v) is 7.77. The van der Waals surface area contributed by atoms with Crippen molar-refractivity contribution >= 4 is 23.1 Å². The van der Waals surface area contributed by atoms with E-state index in [9.17, 15) is 14.9 Å². The number of hydrogen-bond donors (Lipinski definition) is 0. The minimum Gasteiger partial charge on any atom is -0.462 e. The fourth-order valence-electron chi connectivity index (χ4n) is 4.43. The number of ether oxygens (including phenoxy) is 1. The molecule has 0 aromatic heterocycles. The van der Waals surface area contributed by atoms with E-state index >= 15 is 0 Å². The average molecular weight is 415 g/mol. The Hall–Kier alpha value is -3.43. The zero-order valence-corrected chi connectivity index (χ0v) is 17.6. The molecule has 0 bridgehead atoms. The molecule has 0 atom stereocenters. The predicted octanol–water partition coefficient (Wildman–Crippen LogP) is 3.54. The standard InChI is InChI=1S/C25H25N3O3/c1-2-31-25(30)21(16-26)23-20-10-6-7-11-22(20)28(24(23)29)19-12-14-27(15-13-19)17-18-8-4-3-5-9-18/h3-11,19H,2,12-15,17H2,1H3. The number of hydrogen-bond acceptors (Lipinski definition) is 5. The highest BCUT2D eigenvalue weighted by Gasteiger charge is 2.41. The average Bonchev–Trinajstić information content (AvgIpc) is 3.08. The zero-order valence-electron chi connectivity index (χ0n) is 17.6. The van der Waals surface area contributed by atoms with Crippen molar-refractivity contribution in [2.45, 2.75) is 32.4 Å². The Morgan fingerprint density at radius 2 is 1.77 bits per heavy atom. The van der Waals surface area contributed by atoms with Crippen molar-refractivity contribution in [3.8, 4) is 6.07 Å². The number of amides is 1. The zero-order chi connectivity index (χ0) is 21.8. The number of likely N-dealkylation sites (tertiary alicyclic amines) is 1. The fourth-order valence-corrected chi connectivity index (χ4v) is 4.43. The van der Waals surface area contributed by atoms with Gasteiger partial charge in [0.15, 0.2) is 5.57 Å². The molecule has 0 radical (unpaired) electrons. The number of esters is 1. The lowest BCUT2D eigenvalue weighted by Gasteiger charge is -2.37. The molecule has 0 spiro atoms. The highest BCUT2D eigenvalue weighted by atomic mass is 16.5. The highest BCUT2D eigenvalue weighted by molar-refractivity contribution is 6.36. The van der Waals surface area contributed by atoms with Crippen LogP contribution in [0.15, 0.2) is 60.2 Å². The van der Waals surface area contributed by atoms with Crippen LogP contribution in [0.1, 0.15) is 30.9 Å². The van der Waals surface area contributed by atoms with Gasteiger partial charge in [-0.1, -0.05) is 48.5 Å². The first-order valence-electron chi connectivity index (χ1n) is 10.6.